The number of unbranched alkanes of at least 4 members (excludes halogenated alkanes) is 10. The highest BCUT2D eigenvalue weighted by Crippen LogP contribution is 2.56. The van der Waals surface area contributed by atoms with Gasteiger partial charge in [0, 0.05) is 39.5 Å². The molecule has 99 heavy (non-hydrogen) atoms. The molecule has 0 unspecified atom stereocenters. The number of fused-ring (bicyclic) bond motifs is 4. The molecule has 0 atom stereocenters. The van der Waals surface area contributed by atoms with E-state index < -0.39 is 0 Å². The number of hydrogen-bond acceptors (Lipinski definition) is 2. The van der Waals surface area contributed by atoms with Crippen LogP contribution in [0.2, 0.25) is 0 Å². The third kappa shape index (κ3) is 13.9. The Morgan fingerprint density at radius 3 is 0.980 bits per heavy atom. The molecule has 0 fully saturated rings. The first kappa shape index (κ1) is 64.5. The SMILES string of the molecule is CCCCCCCCC1(CCCCCCCC)c2cc(-c3ccccc3)ccc2-c2ccc(-c3ccc(N(c4ccc(-c5ccc(N(c6ccc(-c7ccccc7)cc6)c6ccc7c(c6)CC7)cc5)cc4)c4ccc(-c5cccc(-c6ccccc6)c5)c(-c5ccccc5)c4)cc3)cc21. The van der Waals surface area contributed by atoms with Crippen LogP contribution < -0.4 is 9.80 Å². The van der Waals surface area contributed by atoms with Gasteiger partial charge in [0.05, 0.1) is 0 Å². The Bertz CT molecular complexity index is 4810. The number of benzene rings is 13. The minimum Gasteiger partial charge on any atom is -0.310 e. The Morgan fingerprint density at radius 2 is 0.545 bits per heavy atom. The van der Waals surface area contributed by atoms with Crippen LogP contribution in [0, 0.1) is 0 Å². The van der Waals surface area contributed by atoms with Crippen molar-refractivity contribution >= 4 is 34.1 Å². The monoisotopic (exact) mass is 1280 g/mol. The van der Waals surface area contributed by atoms with E-state index in [4.69, 9.17) is 0 Å². The molecule has 2 aliphatic rings. The predicted molar refractivity (Wildman–Crippen MR) is 423 cm³/mol. The van der Waals surface area contributed by atoms with E-state index in [2.05, 4.69) is 339 Å². The highest BCUT2D eigenvalue weighted by atomic mass is 15.1. The second kappa shape index (κ2) is 30.1. The van der Waals surface area contributed by atoms with Gasteiger partial charge in [-0.25, -0.2) is 0 Å². The van der Waals surface area contributed by atoms with Gasteiger partial charge >= 0.3 is 0 Å². The molecule has 0 aliphatic heterocycles. The molecule has 0 amide bonds. The lowest BCUT2D eigenvalue weighted by Crippen LogP contribution is -2.25. The van der Waals surface area contributed by atoms with Crippen molar-refractivity contribution in [1.29, 1.82) is 0 Å². The zero-order chi connectivity index (χ0) is 66.7. The molecular weight excluding hydrogens is 1190 g/mol. The lowest BCUT2D eigenvalue weighted by atomic mass is 9.70. The minimum atomic E-state index is -0.0592. The van der Waals surface area contributed by atoms with E-state index in [0.717, 1.165) is 46.8 Å². The van der Waals surface area contributed by atoms with Gasteiger partial charge in [-0.3, -0.25) is 0 Å². The lowest BCUT2D eigenvalue weighted by molar-refractivity contribution is 0.398. The van der Waals surface area contributed by atoms with Crippen molar-refractivity contribution in [3.8, 4) is 89.0 Å². The van der Waals surface area contributed by atoms with Crippen LogP contribution in [0.1, 0.15) is 126 Å². The standard InChI is InChI=1S/C97H90N2/c1-3-5-7-9-11-25-64-97(65-26-12-10-8-6-4-2)95-68-82(73-32-21-15-22-33-73)49-61-92(95)93-62-50-83(69-96(93)97)78-46-57-88(58-47-78)99(90-60-63-91(94(70-90)79-34-23-16-24-35-79)84-37-27-36-80(66-84)72-30-19-14-20-31-72)87-55-44-76(45-56-87)75-42-53-86(54-43-75)98(89-59-48-77-38-39-81(77)67-89)85-51-40-74(41-52-85)71-28-17-13-18-29-71/h13-24,27-37,40-63,66-70H,3-12,25-26,38-39,64-65H2,1-2H3. The molecule has 0 spiro atoms. The third-order valence-corrected chi connectivity index (χ3v) is 21.4. The summed E-state index contributed by atoms with van der Waals surface area (Å²) in [4.78, 5) is 4.86. The fraction of sp³-hybridized carbons (Fsp3) is 0.196. The molecule has 0 heterocycles. The summed E-state index contributed by atoms with van der Waals surface area (Å²) < 4.78 is 0. The van der Waals surface area contributed by atoms with E-state index >= 15 is 0 Å². The average Bonchev–Trinajstić information content (AvgIpc) is 1.57. The Labute approximate surface area is 589 Å². The van der Waals surface area contributed by atoms with Crippen molar-refractivity contribution in [2.24, 2.45) is 0 Å². The molecule has 2 aliphatic carbocycles. The molecule has 0 bridgehead atoms. The van der Waals surface area contributed by atoms with Crippen molar-refractivity contribution in [3.05, 3.63) is 338 Å². The predicted octanol–water partition coefficient (Wildman–Crippen LogP) is 28.2. The van der Waals surface area contributed by atoms with Gasteiger partial charge in [-0.15, -0.1) is 0 Å². The van der Waals surface area contributed by atoms with Crippen LogP contribution in [0.4, 0.5) is 34.1 Å². The fourth-order valence-electron chi connectivity index (χ4n) is 15.9. The highest BCUT2D eigenvalue weighted by Gasteiger charge is 2.43. The first-order valence-corrected chi connectivity index (χ1v) is 36.9. The largest absolute Gasteiger partial charge is 0.310 e. The summed E-state index contributed by atoms with van der Waals surface area (Å²) in [6.45, 7) is 4.66. The zero-order valence-corrected chi connectivity index (χ0v) is 57.7. The second-order valence-corrected chi connectivity index (χ2v) is 27.7. The van der Waals surface area contributed by atoms with Gasteiger partial charge in [0.25, 0.3) is 0 Å². The van der Waals surface area contributed by atoms with Gasteiger partial charge in [0.1, 0.15) is 0 Å². The van der Waals surface area contributed by atoms with Crippen LogP contribution >= 0.6 is 0 Å². The van der Waals surface area contributed by atoms with Crippen LogP contribution in [0.5, 0.6) is 0 Å². The second-order valence-electron chi connectivity index (χ2n) is 27.7. The third-order valence-electron chi connectivity index (χ3n) is 21.4. The number of aryl methyl sites for hydroxylation is 2. The summed E-state index contributed by atoms with van der Waals surface area (Å²) in [5.74, 6) is 0. The van der Waals surface area contributed by atoms with E-state index in [9.17, 15) is 0 Å². The van der Waals surface area contributed by atoms with Crippen LogP contribution in [0.3, 0.4) is 0 Å². The van der Waals surface area contributed by atoms with Gasteiger partial charge in [0.2, 0.25) is 0 Å². The van der Waals surface area contributed by atoms with Crippen molar-refractivity contribution in [3.63, 3.8) is 0 Å². The van der Waals surface area contributed by atoms with Crippen molar-refractivity contribution in [1.82, 2.24) is 0 Å². The zero-order valence-electron chi connectivity index (χ0n) is 57.7. The van der Waals surface area contributed by atoms with E-state index in [-0.39, 0.29) is 5.41 Å². The van der Waals surface area contributed by atoms with Crippen molar-refractivity contribution < 1.29 is 0 Å². The Kier molecular flexibility index (Phi) is 19.6. The summed E-state index contributed by atoms with van der Waals surface area (Å²) in [5.41, 5.74) is 32.5. The smallest absolute Gasteiger partial charge is 0.0468 e. The molecule has 0 N–H and O–H groups in total. The molecular formula is C97H90N2. The number of rotatable bonds is 27. The minimum absolute atomic E-state index is 0.0592. The van der Waals surface area contributed by atoms with Gasteiger partial charge in [0.15, 0.2) is 0 Å². The summed E-state index contributed by atoms with van der Waals surface area (Å²) in [6, 6.07) is 118. The maximum Gasteiger partial charge on any atom is 0.0468 e. The van der Waals surface area contributed by atoms with Gasteiger partial charge in [-0.2, -0.15) is 0 Å². The number of hydrogen-bond donors (Lipinski definition) is 0. The molecule has 0 aromatic heterocycles. The van der Waals surface area contributed by atoms with Gasteiger partial charge < -0.3 is 9.80 Å². The summed E-state index contributed by atoms with van der Waals surface area (Å²) in [6.07, 6.45) is 20.2. The maximum absolute atomic E-state index is 2.62. The van der Waals surface area contributed by atoms with Gasteiger partial charge in [-0.05, 0) is 228 Å². The van der Waals surface area contributed by atoms with Crippen molar-refractivity contribution in [2.75, 3.05) is 9.80 Å². The van der Waals surface area contributed by atoms with E-state index in [1.807, 2.05) is 0 Å². The van der Waals surface area contributed by atoms with Crippen LogP contribution in [0.15, 0.2) is 315 Å². The maximum atomic E-state index is 2.62. The summed E-state index contributed by atoms with van der Waals surface area (Å²) >= 11 is 0. The van der Waals surface area contributed by atoms with E-state index in [1.54, 1.807) is 5.56 Å². The average molecular weight is 1280 g/mol. The molecule has 488 valence electrons. The normalized spacial score (nSPS) is 12.5. The quantitative estimate of drug-likeness (QED) is 0.0474. The molecule has 0 saturated carbocycles. The molecule has 15 rings (SSSR count). The van der Waals surface area contributed by atoms with E-state index in [0.29, 0.717) is 0 Å². The van der Waals surface area contributed by atoms with Crippen LogP contribution in [-0.4, -0.2) is 0 Å². The fourth-order valence-corrected chi connectivity index (χ4v) is 15.9. The Hall–Kier alpha value is -10.5. The van der Waals surface area contributed by atoms with Crippen LogP contribution in [-0.2, 0) is 18.3 Å². The Balaban J connectivity index is 0.798. The summed E-state index contributed by atoms with van der Waals surface area (Å²) in [5, 5.41) is 0. The number of anilines is 6. The first-order chi connectivity index (χ1) is 49.0. The number of nitrogens with zero attached hydrogens (tertiary/aromatic N) is 2. The van der Waals surface area contributed by atoms with E-state index in [1.165, 1.54) is 196 Å². The molecule has 0 saturated heterocycles. The van der Waals surface area contributed by atoms with Gasteiger partial charge in [-0.1, -0.05) is 315 Å². The molecule has 0 radical (unpaired) electrons. The Morgan fingerprint density at radius 1 is 0.222 bits per heavy atom. The van der Waals surface area contributed by atoms with Crippen molar-refractivity contribution in [2.45, 2.75) is 122 Å². The molecule has 13 aromatic rings. The molecule has 13 aromatic carbocycles. The van der Waals surface area contributed by atoms with Crippen LogP contribution in [0.25, 0.3) is 89.0 Å². The topological polar surface area (TPSA) is 6.48 Å². The highest BCUT2D eigenvalue weighted by molar-refractivity contribution is 5.92. The lowest BCUT2D eigenvalue weighted by Gasteiger charge is -2.33. The first-order valence-electron chi connectivity index (χ1n) is 36.9. The molecule has 2 nitrogen and oxygen atoms in total. The molecule has 2 heteroatoms. The summed E-state index contributed by atoms with van der Waals surface area (Å²) in [7, 11) is 0.